The molecule has 0 saturated heterocycles. The van der Waals surface area contributed by atoms with Gasteiger partial charge in [0.25, 0.3) is 0 Å². The molecule has 1 aromatic carbocycles. The fraction of sp³-hybridized carbons (Fsp3) is 0.267. The summed E-state index contributed by atoms with van der Waals surface area (Å²) < 4.78 is 7.21. The Morgan fingerprint density at radius 1 is 1.50 bits per heavy atom. The van der Waals surface area contributed by atoms with Gasteiger partial charge in [-0.25, -0.2) is 4.68 Å². The number of hydrogen-bond acceptors (Lipinski definition) is 3. The third-order valence-corrected chi connectivity index (χ3v) is 3.03. The monoisotopic (exact) mass is 291 g/mol. The van der Waals surface area contributed by atoms with Crippen LogP contribution in [-0.2, 0) is 6.54 Å². The average Bonchev–Trinajstić information content (AvgIpc) is 2.92. The number of nitrogens with zero attached hydrogens (tertiary/aromatic N) is 2. The molecule has 0 fully saturated rings. The summed E-state index contributed by atoms with van der Waals surface area (Å²) in [6.07, 6.45) is 6.33. The van der Waals surface area contributed by atoms with Crippen LogP contribution in [0.2, 0.25) is 5.02 Å². The van der Waals surface area contributed by atoms with Crippen LogP contribution in [0.4, 0.5) is 5.69 Å². The largest absolute Gasteiger partial charge is 0.492 e. The molecular weight excluding hydrogens is 274 g/mol. The Labute approximate surface area is 124 Å². The Kier molecular flexibility index (Phi) is 5.07. The highest BCUT2D eigenvalue weighted by Gasteiger charge is 2.03. The van der Waals surface area contributed by atoms with E-state index in [1.54, 1.807) is 17.1 Å². The first kappa shape index (κ1) is 14.5. The van der Waals surface area contributed by atoms with Crippen LogP contribution >= 0.6 is 11.6 Å². The Hall–Kier alpha value is -1.94. The summed E-state index contributed by atoms with van der Waals surface area (Å²) in [5, 5.41) is 8.04. The topological polar surface area (TPSA) is 39.1 Å². The van der Waals surface area contributed by atoms with Gasteiger partial charge in [-0.15, -0.1) is 0 Å². The number of anilines is 1. The minimum absolute atomic E-state index is 0.616. The number of benzene rings is 1. The van der Waals surface area contributed by atoms with E-state index in [1.807, 2.05) is 24.4 Å². The van der Waals surface area contributed by atoms with Crippen molar-refractivity contribution in [1.29, 1.82) is 0 Å². The second-order valence-corrected chi connectivity index (χ2v) is 4.77. The highest BCUT2D eigenvalue weighted by atomic mass is 35.5. The van der Waals surface area contributed by atoms with Crippen LogP contribution in [0, 0.1) is 0 Å². The molecular formula is C15H18ClN3O. The molecule has 0 unspecified atom stereocenters. The Balaban J connectivity index is 1.96. The first-order valence-corrected chi connectivity index (χ1v) is 6.92. The molecule has 1 N–H and O–H groups in total. The van der Waals surface area contributed by atoms with Crippen LogP contribution in [0.1, 0.15) is 18.9 Å². The number of hydrogen-bond donors (Lipinski definition) is 1. The van der Waals surface area contributed by atoms with Crippen molar-refractivity contribution in [1.82, 2.24) is 9.78 Å². The normalized spacial score (nSPS) is 10.3. The summed E-state index contributed by atoms with van der Waals surface area (Å²) in [4.78, 5) is 0. The molecule has 106 valence electrons. The fourth-order valence-corrected chi connectivity index (χ4v) is 1.95. The van der Waals surface area contributed by atoms with Crippen LogP contribution < -0.4 is 10.1 Å². The van der Waals surface area contributed by atoms with Crippen molar-refractivity contribution in [3.63, 3.8) is 0 Å². The van der Waals surface area contributed by atoms with Crippen LogP contribution in [0.5, 0.6) is 5.75 Å². The van der Waals surface area contributed by atoms with E-state index in [0.29, 0.717) is 18.2 Å². The smallest absolute Gasteiger partial charge is 0.138 e. The van der Waals surface area contributed by atoms with Gasteiger partial charge in [-0.1, -0.05) is 25.1 Å². The number of halogens is 1. The summed E-state index contributed by atoms with van der Waals surface area (Å²) in [5.41, 5.74) is 2.03. The van der Waals surface area contributed by atoms with Gasteiger partial charge in [-0.05, 0) is 24.6 Å². The predicted molar refractivity (Wildman–Crippen MR) is 83.2 cm³/mol. The van der Waals surface area contributed by atoms with Crippen molar-refractivity contribution in [3.8, 4) is 5.75 Å². The number of rotatable bonds is 7. The summed E-state index contributed by atoms with van der Waals surface area (Å²) in [6.45, 7) is 7.07. The van der Waals surface area contributed by atoms with E-state index in [1.165, 1.54) is 0 Å². The molecule has 1 heterocycles. The van der Waals surface area contributed by atoms with Crippen LogP contribution in [0.25, 0.3) is 6.20 Å². The van der Waals surface area contributed by atoms with Crippen LogP contribution in [0.3, 0.4) is 0 Å². The lowest BCUT2D eigenvalue weighted by Gasteiger charge is -2.09. The van der Waals surface area contributed by atoms with E-state index < -0.39 is 0 Å². The number of nitrogens with one attached hydrogen (secondary N) is 1. The lowest BCUT2D eigenvalue weighted by molar-refractivity contribution is 0.317. The maximum Gasteiger partial charge on any atom is 0.138 e. The molecule has 0 bridgehead atoms. The molecule has 1 aromatic heterocycles. The zero-order valence-electron chi connectivity index (χ0n) is 11.5. The van der Waals surface area contributed by atoms with E-state index >= 15 is 0 Å². The molecule has 20 heavy (non-hydrogen) atoms. The third kappa shape index (κ3) is 3.78. The number of aromatic nitrogens is 2. The van der Waals surface area contributed by atoms with Crippen LogP contribution in [-0.4, -0.2) is 16.4 Å². The molecule has 0 aliphatic heterocycles. The number of ether oxygens (including phenoxy) is 1. The Bertz CT molecular complexity index is 580. The van der Waals surface area contributed by atoms with Gasteiger partial charge in [-0.3, -0.25) is 0 Å². The van der Waals surface area contributed by atoms with E-state index in [-0.39, 0.29) is 0 Å². The van der Waals surface area contributed by atoms with Crippen LogP contribution in [0.15, 0.2) is 37.2 Å². The van der Waals surface area contributed by atoms with Crippen molar-refractivity contribution in [3.05, 3.63) is 47.8 Å². The van der Waals surface area contributed by atoms with Gasteiger partial charge in [0.15, 0.2) is 0 Å². The van der Waals surface area contributed by atoms with E-state index in [9.17, 15) is 0 Å². The first-order valence-electron chi connectivity index (χ1n) is 6.54. The minimum atomic E-state index is 0.616. The van der Waals surface area contributed by atoms with Crippen molar-refractivity contribution in [2.75, 3.05) is 11.9 Å². The predicted octanol–water partition coefficient (Wildman–Crippen LogP) is 4.04. The van der Waals surface area contributed by atoms with Crippen molar-refractivity contribution >= 4 is 23.5 Å². The molecule has 2 rings (SSSR count). The Morgan fingerprint density at radius 3 is 3.00 bits per heavy atom. The van der Waals surface area contributed by atoms with E-state index in [4.69, 9.17) is 16.3 Å². The molecule has 5 heteroatoms. The van der Waals surface area contributed by atoms with Crippen molar-refractivity contribution < 1.29 is 4.74 Å². The fourth-order valence-electron chi connectivity index (χ4n) is 1.71. The molecule has 0 aliphatic carbocycles. The maximum absolute atomic E-state index is 6.18. The quantitative estimate of drug-likeness (QED) is 0.837. The standard InChI is InChI=1S/C15H18ClN3O/c1-3-7-20-15-6-5-13(8-14(15)16)17-9-12-10-18-19(4-2)11-12/h4-6,8,10-11,17H,2-3,7,9H2,1H3. The third-order valence-electron chi connectivity index (χ3n) is 2.73. The van der Waals surface area contributed by atoms with Gasteiger partial charge in [0.1, 0.15) is 5.75 Å². The van der Waals surface area contributed by atoms with E-state index in [2.05, 4.69) is 23.9 Å². The molecule has 0 aliphatic rings. The second kappa shape index (κ2) is 7.01. The Morgan fingerprint density at radius 2 is 2.35 bits per heavy atom. The molecule has 4 nitrogen and oxygen atoms in total. The van der Waals surface area contributed by atoms with Crippen molar-refractivity contribution in [2.45, 2.75) is 19.9 Å². The zero-order chi connectivity index (χ0) is 14.4. The van der Waals surface area contributed by atoms with Gasteiger partial charge >= 0.3 is 0 Å². The highest BCUT2D eigenvalue weighted by molar-refractivity contribution is 6.32. The highest BCUT2D eigenvalue weighted by Crippen LogP contribution is 2.28. The first-order chi connectivity index (χ1) is 9.72. The molecule has 0 amide bonds. The summed E-state index contributed by atoms with van der Waals surface area (Å²) in [6, 6.07) is 5.70. The van der Waals surface area contributed by atoms with Gasteiger partial charge in [0.2, 0.25) is 0 Å². The average molecular weight is 292 g/mol. The molecule has 0 atom stereocenters. The van der Waals surface area contributed by atoms with Gasteiger partial charge in [0, 0.05) is 30.2 Å². The van der Waals surface area contributed by atoms with Gasteiger partial charge in [0.05, 0.1) is 17.8 Å². The molecule has 0 saturated carbocycles. The van der Waals surface area contributed by atoms with Gasteiger partial charge in [-0.2, -0.15) is 5.10 Å². The lowest BCUT2D eigenvalue weighted by atomic mass is 10.3. The van der Waals surface area contributed by atoms with E-state index in [0.717, 1.165) is 23.4 Å². The summed E-state index contributed by atoms with van der Waals surface area (Å²) >= 11 is 6.18. The summed E-state index contributed by atoms with van der Waals surface area (Å²) in [5.74, 6) is 0.721. The maximum atomic E-state index is 6.18. The SMILES string of the molecule is C=Cn1cc(CNc2ccc(OCCC)c(Cl)c2)cn1. The van der Waals surface area contributed by atoms with Gasteiger partial charge < -0.3 is 10.1 Å². The lowest BCUT2D eigenvalue weighted by Crippen LogP contribution is -2.00. The second-order valence-electron chi connectivity index (χ2n) is 4.36. The zero-order valence-corrected chi connectivity index (χ0v) is 12.2. The van der Waals surface area contributed by atoms with Crippen molar-refractivity contribution in [2.24, 2.45) is 0 Å². The molecule has 0 spiro atoms. The molecule has 2 aromatic rings. The molecule has 0 radical (unpaired) electrons. The minimum Gasteiger partial charge on any atom is -0.492 e. The summed E-state index contributed by atoms with van der Waals surface area (Å²) in [7, 11) is 0.